The van der Waals surface area contributed by atoms with Gasteiger partial charge in [0.05, 0.1) is 26.2 Å². The lowest BCUT2D eigenvalue weighted by Gasteiger charge is -2.09. The van der Waals surface area contributed by atoms with Crippen LogP contribution in [0.2, 0.25) is 5.02 Å². The second-order valence-electron chi connectivity index (χ2n) is 7.98. The van der Waals surface area contributed by atoms with Gasteiger partial charge >= 0.3 is 0 Å². The van der Waals surface area contributed by atoms with Crippen molar-refractivity contribution in [1.29, 1.82) is 0 Å². The Bertz CT molecular complexity index is 1560. The Balaban J connectivity index is 1.45. The Morgan fingerprint density at radius 3 is 2.53 bits per heavy atom. The maximum Gasteiger partial charge on any atom is 0.240 e. The van der Waals surface area contributed by atoms with E-state index in [1.54, 1.807) is 24.4 Å². The second-order valence-corrected chi connectivity index (χ2v) is 11.2. The third kappa shape index (κ3) is 6.75. The van der Waals surface area contributed by atoms with Crippen LogP contribution in [0.1, 0.15) is 13.3 Å². The molecule has 0 saturated carbocycles. The lowest BCUT2D eigenvalue weighted by atomic mass is 10.1. The van der Waals surface area contributed by atoms with E-state index in [-0.39, 0.29) is 33.9 Å². The van der Waals surface area contributed by atoms with Crippen LogP contribution >= 0.6 is 22.9 Å². The van der Waals surface area contributed by atoms with Gasteiger partial charge < -0.3 is 20.8 Å². The van der Waals surface area contributed by atoms with Crippen LogP contribution < -0.4 is 15.4 Å². The molecule has 5 N–H and O–H groups in total. The Kier molecular flexibility index (Phi) is 8.42. The first-order valence-electron chi connectivity index (χ1n) is 11.3. The van der Waals surface area contributed by atoms with Crippen LogP contribution in [0, 0.1) is 0 Å². The van der Waals surface area contributed by atoms with Crippen LogP contribution in [0.5, 0.6) is 11.5 Å². The van der Waals surface area contributed by atoms with Crippen molar-refractivity contribution in [3.8, 4) is 33.3 Å². The molecule has 0 aliphatic heterocycles. The molecule has 4 rings (SSSR count). The number of thiazole rings is 1. The minimum Gasteiger partial charge on any atom is -0.508 e. The number of aromatic nitrogens is 3. The SMILES string of the molecule is CC(=O)Nc1nc(-c2ccc(Cl)c(O)c2)c(-c2ccnc(NCCCNS(=O)(=O)c3ccc(O)cc3)n2)s1. The zero-order chi connectivity index (χ0) is 27.3. The Morgan fingerprint density at radius 2 is 1.82 bits per heavy atom. The van der Waals surface area contributed by atoms with E-state index in [0.29, 0.717) is 45.9 Å². The number of rotatable bonds is 10. The van der Waals surface area contributed by atoms with Crippen LogP contribution in [0.25, 0.3) is 21.8 Å². The van der Waals surface area contributed by atoms with Gasteiger partial charge in [-0.05, 0) is 48.9 Å². The third-order valence-electron chi connectivity index (χ3n) is 5.09. The molecule has 2 aromatic carbocycles. The number of aromatic hydroxyl groups is 2. The number of sulfonamides is 1. The molecule has 2 heterocycles. The van der Waals surface area contributed by atoms with Crippen molar-refractivity contribution < 1.29 is 23.4 Å². The maximum atomic E-state index is 12.3. The second kappa shape index (κ2) is 11.7. The number of nitrogens with zero attached hydrogens (tertiary/aromatic N) is 3. The maximum absolute atomic E-state index is 12.3. The summed E-state index contributed by atoms with van der Waals surface area (Å²) < 4.78 is 27.2. The number of carbonyl (C=O) groups is 1. The highest BCUT2D eigenvalue weighted by molar-refractivity contribution is 7.89. The lowest BCUT2D eigenvalue weighted by Crippen LogP contribution is -2.26. The van der Waals surface area contributed by atoms with Crippen molar-refractivity contribution in [1.82, 2.24) is 19.7 Å². The number of amides is 1. The van der Waals surface area contributed by atoms with E-state index in [9.17, 15) is 23.4 Å². The van der Waals surface area contributed by atoms with Crippen molar-refractivity contribution in [3.63, 3.8) is 0 Å². The Labute approximate surface area is 227 Å². The fourth-order valence-corrected chi connectivity index (χ4v) is 5.52. The van der Waals surface area contributed by atoms with Gasteiger partial charge in [-0.25, -0.2) is 28.1 Å². The van der Waals surface area contributed by atoms with E-state index in [2.05, 4.69) is 30.3 Å². The summed E-state index contributed by atoms with van der Waals surface area (Å²) >= 11 is 7.17. The average molecular weight is 575 g/mol. The molecule has 0 saturated heterocycles. The van der Waals surface area contributed by atoms with Crippen molar-refractivity contribution >= 4 is 49.9 Å². The zero-order valence-corrected chi connectivity index (χ0v) is 22.4. The van der Waals surface area contributed by atoms with E-state index >= 15 is 0 Å². The van der Waals surface area contributed by atoms with E-state index in [0.717, 1.165) is 0 Å². The molecular weight excluding hydrogens is 552 g/mol. The number of nitrogens with one attached hydrogen (secondary N) is 3. The molecular formula is C24H23ClN6O5S2. The number of hydrogen-bond donors (Lipinski definition) is 5. The zero-order valence-electron chi connectivity index (χ0n) is 20.0. The number of phenols is 2. The third-order valence-corrected chi connectivity index (χ3v) is 7.88. The minimum atomic E-state index is -3.69. The van der Waals surface area contributed by atoms with Gasteiger partial charge in [0.1, 0.15) is 11.5 Å². The van der Waals surface area contributed by atoms with E-state index in [1.807, 2.05) is 0 Å². The molecule has 0 radical (unpaired) electrons. The Hall–Kier alpha value is -3.78. The van der Waals surface area contributed by atoms with Crippen molar-refractivity contribution in [2.45, 2.75) is 18.2 Å². The molecule has 1 amide bonds. The summed E-state index contributed by atoms with van der Waals surface area (Å²) in [5.74, 6) is -0.0705. The molecule has 0 spiro atoms. The molecule has 0 aliphatic carbocycles. The van der Waals surface area contributed by atoms with Gasteiger partial charge in [-0.1, -0.05) is 29.0 Å². The van der Waals surface area contributed by atoms with Gasteiger partial charge in [-0.15, -0.1) is 0 Å². The molecule has 0 unspecified atom stereocenters. The topological polar surface area (TPSA) is 166 Å². The van der Waals surface area contributed by atoms with Gasteiger partial charge in [-0.3, -0.25) is 4.79 Å². The average Bonchev–Trinajstić information content (AvgIpc) is 3.29. The highest BCUT2D eigenvalue weighted by atomic mass is 35.5. The number of hydrogen-bond acceptors (Lipinski definition) is 10. The molecule has 0 aliphatic rings. The smallest absolute Gasteiger partial charge is 0.240 e. The number of benzene rings is 2. The predicted molar refractivity (Wildman–Crippen MR) is 146 cm³/mol. The highest BCUT2D eigenvalue weighted by Crippen LogP contribution is 2.40. The van der Waals surface area contributed by atoms with Gasteiger partial charge in [-0.2, -0.15) is 0 Å². The summed E-state index contributed by atoms with van der Waals surface area (Å²) in [6.07, 6.45) is 2.02. The van der Waals surface area contributed by atoms with Crippen LogP contribution in [0.4, 0.5) is 11.1 Å². The van der Waals surface area contributed by atoms with Crippen molar-refractivity contribution in [2.24, 2.45) is 0 Å². The lowest BCUT2D eigenvalue weighted by molar-refractivity contribution is -0.114. The number of anilines is 2. The summed E-state index contributed by atoms with van der Waals surface area (Å²) in [4.78, 5) is 25.6. The van der Waals surface area contributed by atoms with Gasteiger partial charge in [0.2, 0.25) is 21.9 Å². The normalized spacial score (nSPS) is 11.3. The fraction of sp³-hybridized carbons (Fsp3) is 0.167. The Morgan fingerprint density at radius 1 is 1.05 bits per heavy atom. The first kappa shape index (κ1) is 27.3. The number of halogens is 1. The number of carbonyl (C=O) groups excluding carboxylic acids is 1. The molecule has 2 aromatic heterocycles. The highest BCUT2D eigenvalue weighted by Gasteiger charge is 2.19. The summed E-state index contributed by atoms with van der Waals surface area (Å²) in [7, 11) is -3.69. The van der Waals surface area contributed by atoms with E-state index in [4.69, 9.17) is 11.6 Å². The quantitative estimate of drug-likeness (QED) is 0.175. The van der Waals surface area contributed by atoms with Gasteiger partial charge in [0.15, 0.2) is 5.13 Å². The van der Waals surface area contributed by atoms with Crippen LogP contribution in [0.15, 0.2) is 59.6 Å². The summed E-state index contributed by atoms with van der Waals surface area (Å²) in [6.45, 7) is 1.95. The van der Waals surface area contributed by atoms with Crippen LogP contribution in [-0.2, 0) is 14.8 Å². The summed E-state index contributed by atoms with van der Waals surface area (Å²) in [5.41, 5.74) is 1.62. The van der Waals surface area contributed by atoms with Gasteiger partial charge in [0.25, 0.3) is 0 Å². The molecule has 0 bridgehead atoms. The summed E-state index contributed by atoms with van der Waals surface area (Å²) in [5, 5.41) is 25.7. The minimum absolute atomic E-state index is 0.0153. The molecule has 4 aromatic rings. The fourth-order valence-electron chi connectivity index (χ4n) is 3.33. The molecule has 0 fully saturated rings. The predicted octanol–water partition coefficient (Wildman–Crippen LogP) is 4.07. The largest absolute Gasteiger partial charge is 0.508 e. The van der Waals surface area contributed by atoms with E-state index < -0.39 is 10.0 Å². The first-order valence-corrected chi connectivity index (χ1v) is 13.9. The molecule has 0 atom stereocenters. The molecule has 14 heteroatoms. The van der Waals surface area contributed by atoms with E-state index in [1.165, 1.54) is 48.6 Å². The monoisotopic (exact) mass is 574 g/mol. The summed E-state index contributed by atoms with van der Waals surface area (Å²) in [6, 6.07) is 11.7. The standard InChI is InChI=1S/C24H23ClN6O5S2/c1-14(32)29-24-31-21(15-3-8-18(25)20(34)13-15)22(37-24)19-9-12-27-23(30-19)26-10-2-11-28-38(35,36)17-6-4-16(33)5-7-17/h3-9,12-13,28,33-34H,2,10-11H2,1H3,(H,26,27,30)(H,29,31,32). The van der Waals surface area contributed by atoms with Crippen LogP contribution in [0.3, 0.4) is 0 Å². The number of phenolic OH excluding ortho intramolecular Hbond substituents is 2. The van der Waals surface area contributed by atoms with Gasteiger partial charge in [0, 0.05) is 31.8 Å². The molecule has 11 nitrogen and oxygen atoms in total. The molecule has 38 heavy (non-hydrogen) atoms. The molecule has 198 valence electrons. The van der Waals surface area contributed by atoms with Crippen molar-refractivity contribution in [2.75, 3.05) is 23.7 Å². The van der Waals surface area contributed by atoms with Crippen LogP contribution in [-0.4, -0.2) is 52.6 Å². The van der Waals surface area contributed by atoms with Crippen molar-refractivity contribution in [3.05, 3.63) is 59.8 Å². The first-order chi connectivity index (χ1) is 18.1.